The molecule has 0 fully saturated rings. The molecule has 0 unspecified atom stereocenters. The number of benzene rings is 1. The first-order valence-electron chi connectivity index (χ1n) is 7.44. The fourth-order valence-corrected chi connectivity index (χ4v) is 3.08. The molecule has 0 atom stereocenters. The number of nitrogens with zero attached hydrogens (tertiary/aromatic N) is 2. The molecule has 0 aliphatic carbocycles. The van der Waals surface area contributed by atoms with Gasteiger partial charge in [0.25, 0.3) is 0 Å². The lowest BCUT2D eigenvalue weighted by Gasteiger charge is -2.11. The lowest BCUT2D eigenvalue weighted by Crippen LogP contribution is -2.25. The van der Waals surface area contributed by atoms with Crippen molar-refractivity contribution >= 4 is 17.7 Å². The van der Waals surface area contributed by atoms with Crippen LogP contribution in [0.1, 0.15) is 27.9 Å². The summed E-state index contributed by atoms with van der Waals surface area (Å²) in [5.41, 5.74) is 3.67. The monoisotopic (exact) mass is 343 g/mol. The number of halogens is 1. The van der Waals surface area contributed by atoms with E-state index in [4.69, 9.17) is 0 Å². The van der Waals surface area contributed by atoms with Crippen molar-refractivity contribution < 1.29 is 9.18 Å². The molecule has 24 heavy (non-hydrogen) atoms. The normalized spacial score (nSPS) is 10.3. The largest absolute Gasteiger partial charge is 0.351 e. The van der Waals surface area contributed by atoms with Gasteiger partial charge < -0.3 is 5.32 Å². The van der Waals surface area contributed by atoms with E-state index in [9.17, 15) is 14.4 Å². The van der Waals surface area contributed by atoms with Crippen molar-refractivity contribution in [1.29, 1.82) is 5.26 Å². The standard InChI is InChI=1S/C18H18FN3OS/c1-11-12(2)15(8-20)18(22-13(11)3)24-10-17(23)21-9-14-6-4-5-7-16(14)19/h4-7H,9-10H2,1-3H3,(H,21,23). The van der Waals surface area contributed by atoms with Crippen molar-refractivity contribution in [1.82, 2.24) is 10.3 Å². The second kappa shape index (κ2) is 7.93. The number of hydrogen-bond donors (Lipinski definition) is 1. The summed E-state index contributed by atoms with van der Waals surface area (Å²) in [5.74, 6) is -0.452. The molecule has 2 aromatic rings. The molecule has 6 heteroatoms. The van der Waals surface area contributed by atoms with Gasteiger partial charge in [-0.15, -0.1) is 0 Å². The number of carbonyl (C=O) groups excluding carboxylic acids is 1. The van der Waals surface area contributed by atoms with Crippen molar-refractivity contribution in [3.63, 3.8) is 0 Å². The third-order valence-corrected chi connectivity index (χ3v) is 4.82. The Morgan fingerprint density at radius 3 is 2.67 bits per heavy atom. The number of thioether (sulfide) groups is 1. The smallest absolute Gasteiger partial charge is 0.230 e. The Labute approximate surface area is 145 Å². The van der Waals surface area contributed by atoms with Crippen molar-refractivity contribution in [2.45, 2.75) is 32.3 Å². The molecule has 0 saturated heterocycles. The minimum Gasteiger partial charge on any atom is -0.351 e. The highest BCUT2D eigenvalue weighted by atomic mass is 32.2. The maximum Gasteiger partial charge on any atom is 0.230 e. The molecule has 0 aliphatic heterocycles. The van der Waals surface area contributed by atoms with E-state index in [0.717, 1.165) is 16.8 Å². The first-order chi connectivity index (χ1) is 11.4. The summed E-state index contributed by atoms with van der Waals surface area (Å²) in [6.45, 7) is 5.82. The third kappa shape index (κ3) is 4.12. The Bertz CT molecular complexity index is 815. The second-order valence-electron chi connectivity index (χ2n) is 5.40. The van der Waals surface area contributed by atoms with Crippen molar-refractivity contribution in [2.75, 3.05) is 5.75 Å². The van der Waals surface area contributed by atoms with Gasteiger partial charge in [-0.3, -0.25) is 4.79 Å². The Morgan fingerprint density at radius 2 is 2.00 bits per heavy atom. The molecule has 124 valence electrons. The predicted octanol–water partition coefficient (Wildman–Crippen LogP) is 3.43. The SMILES string of the molecule is Cc1nc(SCC(=O)NCc2ccccc2F)c(C#N)c(C)c1C. The van der Waals surface area contributed by atoms with Crippen LogP contribution in [0.15, 0.2) is 29.3 Å². The van der Waals surface area contributed by atoms with Crippen molar-refractivity contribution in [3.8, 4) is 6.07 Å². The molecule has 0 bridgehead atoms. The van der Waals surface area contributed by atoms with Gasteiger partial charge in [0, 0.05) is 17.8 Å². The zero-order valence-electron chi connectivity index (χ0n) is 13.8. The van der Waals surface area contributed by atoms with Gasteiger partial charge in [0.05, 0.1) is 11.3 Å². The fourth-order valence-electron chi connectivity index (χ4n) is 2.17. The third-order valence-electron chi connectivity index (χ3n) is 3.85. The molecular weight excluding hydrogens is 325 g/mol. The average Bonchev–Trinajstić information content (AvgIpc) is 2.57. The van der Waals surface area contributed by atoms with E-state index >= 15 is 0 Å². The number of aryl methyl sites for hydroxylation is 1. The minimum atomic E-state index is -0.344. The van der Waals surface area contributed by atoms with Gasteiger partial charge in [0.2, 0.25) is 5.91 Å². The van der Waals surface area contributed by atoms with Gasteiger partial charge in [0.1, 0.15) is 16.9 Å². The second-order valence-corrected chi connectivity index (χ2v) is 6.36. The van der Waals surface area contributed by atoms with Crippen LogP contribution in [0.3, 0.4) is 0 Å². The van der Waals surface area contributed by atoms with E-state index in [1.54, 1.807) is 18.2 Å². The first kappa shape index (κ1) is 18.0. The van der Waals surface area contributed by atoms with E-state index < -0.39 is 0 Å². The van der Waals surface area contributed by atoms with E-state index in [1.807, 2.05) is 20.8 Å². The maximum absolute atomic E-state index is 13.5. The molecule has 4 nitrogen and oxygen atoms in total. The first-order valence-corrected chi connectivity index (χ1v) is 8.43. The topological polar surface area (TPSA) is 65.8 Å². The lowest BCUT2D eigenvalue weighted by molar-refractivity contribution is -0.118. The molecule has 1 aromatic carbocycles. The Kier molecular flexibility index (Phi) is 5.93. The number of nitrogens with one attached hydrogen (secondary N) is 1. The molecule has 2 rings (SSSR count). The summed E-state index contributed by atoms with van der Waals surface area (Å²) >= 11 is 1.22. The van der Waals surface area contributed by atoms with Gasteiger partial charge in [-0.1, -0.05) is 30.0 Å². The molecule has 1 amide bonds. The summed E-state index contributed by atoms with van der Waals surface area (Å²) in [6, 6.07) is 8.47. The summed E-state index contributed by atoms with van der Waals surface area (Å²) in [4.78, 5) is 16.4. The van der Waals surface area contributed by atoms with Crippen LogP contribution in [0.4, 0.5) is 4.39 Å². The van der Waals surface area contributed by atoms with Gasteiger partial charge in [0.15, 0.2) is 0 Å². The summed E-state index contributed by atoms with van der Waals surface area (Å²) in [7, 11) is 0. The number of pyridine rings is 1. The number of hydrogen-bond acceptors (Lipinski definition) is 4. The van der Waals surface area contributed by atoms with Gasteiger partial charge in [-0.05, 0) is 38.0 Å². The molecule has 0 saturated carbocycles. The summed E-state index contributed by atoms with van der Waals surface area (Å²) in [6.07, 6.45) is 0. The Hall–Kier alpha value is -2.39. The van der Waals surface area contributed by atoms with Crippen LogP contribution in [-0.2, 0) is 11.3 Å². The van der Waals surface area contributed by atoms with Crippen molar-refractivity contribution in [3.05, 3.63) is 58.0 Å². The van der Waals surface area contributed by atoms with Gasteiger partial charge in [-0.25, -0.2) is 9.37 Å². The van der Waals surface area contributed by atoms with Gasteiger partial charge >= 0.3 is 0 Å². The fraction of sp³-hybridized carbons (Fsp3) is 0.278. The van der Waals surface area contributed by atoms with E-state index in [1.165, 1.54) is 17.8 Å². The van der Waals surface area contributed by atoms with Gasteiger partial charge in [-0.2, -0.15) is 5.26 Å². The molecule has 0 radical (unpaired) electrons. The minimum absolute atomic E-state index is 0.123. The van der Waals surface area contributed by atoms with Crippen molar-refractivity contribution in [2.24, 2.45) is 0 Å². The molecule has 0 aliphatic rings. The number of nitriles is 1. The number of rotatable bonds is 5. The van der Waals surface area contributed by atoms with Crippen LogP contribution < -0.4 is 5.32 Å². The summed E-state index contributed by atoms with van der Waals surface area (Å²) in [5, 5.41) is 12.5. The van der Waals surface area contributed by atoms with Crippen LogP contribution in [-0.4, -0.2) is 16.6 Å². The van der Waals surface area contributed by atoms with Crippen LogP contribution in [0.25, 0.3) is 0 Å². The quantitative estimate of drug-likeness (QED) is 0.845. The maximum atomic E-state index is 13.5. The molecular formula is C18H18FN3OS. The van der Waals surface area contributed by atoms with E-state index in [2.05, 4.69) is 16.4 Å². The Balaban J connectivity index is 2.00. The highest BCUT2D eigenvalue weighted by Gasteiger charge is 2.14. The highest BCUT2D eigenvalue weighted by molar-refractivity contribution is 8.00. The zero-order valence-corrected chi connectivity index (χ0v) is 14.6. The number of aromatic nitrogens is 1. The van der Waals surface area contributed by atoms with E-state index in [0.29, 0.717) is 16.2 Å². The number of amides is 1. The van der Waals surface area contributed by atoms with Crippen LogP contribution in [0.2, 0.25) is 0 Å². The molecule has 1 aromatic heterocycles. The Morgan fingerprint density at radius 1 is 1.29 bits per heavy atom. The highest BCUT2D eigenvalue weighted by Crippen LogP contribution is 2.26. The molecule has 1 heterocycles. The molecule has 1 N–H and O–H groups in total. The average molecular weight is 343 g/mol. The van der Waals surface area contributed by atoms with Crippen LogP contribution in [0.5, 0.6) is 0 Å². The van der Waals surface area contributed by atoms with Crippen LogP contribution >= 0.6 is 11.8 Å². The molecule has 0 spiro atoms. The lowest BCUT2D eigenvalue weighted by atomic mass is 10.1. The zero-order chi connectivity index (χ0) is 17.7. The predicted molar refractivity (Wildman–Crippen MR) is 92.1 cm³/mol. The number of carbonyl (C=O) groups is 1. The van der Waals surface area contributed by atoms with Crippen LogP contribution in [0, 0.1) is 37.9 Å². The van der Waals surface area contributed by atoms with E-state index in [-0.39, 0.29) is 24.0 Å². The summed E-state index contributed by atoms with van der Waals surface area (Å²) < 4.78 is 13.5.